The Hall–Kier alpha value is -3.67. The second kappa shape index (κ2) is 7.05. The number of fused-ring (bicyclic) bond motifs is 2. The number of nitrogens with one attached hydrogen (secondary N) is 1. The summed E-state index contributed by atoms with van der Waals surface area (Å²) in [5.74, 6) is -0.243. The molecule has 1 fully saturated rings. The highest BCUT2D eigenvalue weighted by Crippen LogP contribution is 2.41. The molecule has 0 aromatic heterocycles. The van der Waals surface area contributed by atoms with Gasteiger partial charge in [0.05, 0.1) is 24.8 Å². The highest BCUT2D eigenvalue weighted by atomic mass is 19.3. The molecule has 1 saturated heterocycles. The normalized spacial score (nSPS) is 20.3. The molecule has 1 N–H and O–H groups in total. The van der Waals surface area contributed by atoms with Crippen LogP contribution in [0, 0.1) is 11.3 Å². The van der Waals surface area contributed by atoms with Gasteiger partial charge in [-0.15, -0.1) is 0 Å². The second-order valence-corrected chi connectivity index (χ2v) is 6.63. The zero-order chi connectivity index (χ0) is 20.6. The lowest BCUT2D eigenvalue weighted by Gasteiger charge is -2.33. The van der Waals surface area contributed by atoms with E-state index in [1.54, 1.807) is 24.3 Å². The Bertz CT molecular complexity index is 1040. The van der Waals surface area contributed by atoms with Gasteiger partial charge < -0.3 is 14.8 Å². The minimum atomic E-state index is -3.11. The number of carbonyl (C=O) groups excluding carboxylic acids is 2. The van der Waals surface area contributed by atoms with E-state index in [0.29, 0.717) is 11.3 Å². The molecule has 2 heterocycles. The SMILES string of the molecule is N#Cc1ccc(CN2C(=O)NC3(CCOc4ccccc43)C2=O)c(OC(F)F)c1. The van der Waals surface area contributed by atoms with Gasteiger partial charge in [0.15, 0.2) is 5.54 Å². The maximum Gasteiger partial charge on any atom is 0.387 e. The van der Waals surface area contributed by atoms with Crippen molar-refractivity contribution in [2.24, 2.45) is 0 Å². The van der Waals surface area contributed by atoms with E-state index in [2.05, 4.69) is 10.1 Å². The number of benzene rings is 2. The molecule has 3 amide bonds. The van der Waals surface area contributed by atoms with E-state index in [9.17, 15) is 18.4 Å². The van der Waals surface area contributed by atoms with Crippen LogP contribution in [-0.2, 0) is 16.9 Å². The van der Waals surface area contributed by atoms with Crippen LogP contribution in [0.25, 0.3) is 0 Å². The standard InChI is InChI=1S/C20H15F2N3O4/c21-18(22)29-16-9-12(10-23)5-6-13(16)11-25-17(26)20(24-19(25)27)7-8-28-15-4-2-1-3-14(15)20/h1-6,9,18H,7-8,11H2,(H,24,27). The number of halogens is 2. The highest BCUT2D eigenvalue weighted by Gasteiger charge is 2.54. The molecule has 0 saturated carbocycles. The number of para-hydroxylation sites is 1. The fourth-order valence-corrected chi connectivity index (χ4v) is 3.65. The van der Waals surface area contributed by atoms with Crippen LogP contribution in [0.1, 0.15) is 23.1 Å². The van der Waals surface area contributed by atoms with E-state index in [1.165, 1.54) is 12.1 Å². The highest BCUT2D eigenvalue weighted by molar-refractivity contribution is 6.07. The monoisotopic (exact) mass is 399 g/mol. The van der Waals surface area contributed by atoms with Crippen LogP contribution in [-0.4, -0.2) is 30.1 Å². The fraction of sp³-hybridized carbons (Fsp3) is 0.250. The summed E-state index contributed by atoms with van der Waals surface area (Å²) in [6, 6.07) is 12.1. The molecule has 1 spiro atoms. The van der Waals surface area contributed by atoms with Crippen LogP contribution in [0.5, 0.6) is 11.5 Å². The molecule has 2 aromatic carbocycles. The van der Waals surface area contributed by atoms with Gasteiger partial charge in [0.25, 0.3) is 5.91 Å². The number of nitriles is 1. The fourth-order valence-electron chi connectivity index (χ4n) is 3.65. The molecule has 0 aliphatic carbocycles. The molecule has 1 atom stereocenters. The number of ether oxygens (including phenoxy) is 2. The third-order valence-corrected chi connectivity index (χ3v) is 5.00. The van der Waals surface area contributed by atoms with Crippen LogP contribution >= 0.6 is 0 Å². The van der Waals surface area contributed by atoms with Gasteiger partial charge in [-0.3, -0.25) is 9.69 Å². The van der Waals surface area contributed by atoms with E-state index in [0.717, 1.165) is 11.0 Å². The summed E-state index contributed by atoms with van der Waals surface area (Å²) in [4.78, 5) is 26.9. The number of hydrogen-bond donors (Lipinski definition) is 1. The van der Waals surface area contributed by atoms with Crippen LogP contribution in [0.3, 0.4) is 0 Å². The lowest BCUT2D eigenvalue weighted by molar-refractivity contribution is -0.133. The third-order valence-electron chi connectivity index (χ3n) is 5.00. The van der Waals surface area contributed by atoms with Gasteiger partial charge in [-0.1, -0.05) is 24.3 Å². The summed E-state index contributed by atoms with van der Waals surface area (Å²) in [5.41, 5.74) is -0.403. The molecule has 9 heteroatoms. The summed E-state index contributed by atoms with van der Waals surface area (Å²) < 4.78 is 35.6. The molecule has 2 aromatic rings. The maximum absolute atomic E-state index is 13.3. The molecule has 1 unspecified atom stereocenters. The first-order valence-corrected chi connectivity index (χ1v) is 8.79. The Morgan fingerprint density at radius 2 is 2.07 bits per heavy atom. The molecule has 7 nitrogen and oxygen atoms in total. The zero-order valence-electron chi connectivity index (χ0n) is 15.0. The minimum Gasteiger partial charge on any atom is -0.493 e. The van der Waals surface area contributed by atoms with Gasteiger partial charge in [-0.2, -0.15) is 14.0 Å². The molecule has 2 aliphatic heterocycles. The average Bonchev–Trinajstić information content (AvgIpc) is 2.94. The Morgan fingerprint density at radius 3 is 2.83 bits per heavy atom. The second-order valence-electron chi connectivity index (χ2n) is 6.63. The number of nitrogens with zero attached hydrogens (tertiary/aromatic N) is 2. The Morgan fingerprint density at radius 1 is 1.28 bits per heavy atom. The van der Waals surface area contributed by atoms with Crippen molar-refractivity contribution in [3.63, 3.8) is 0 Å². The average molecular weight is 399 g/mol. The smallest absolute Gasteiger partial charge is 0.387 e. The van der Waals surface area contributed by atoms with Gasteiger partial charge in [0.2, 0.25) is 0 Å². The third kappa shape index (κ3) is 3.12. The summed E-state index contributed by atoms with van der Waals surface area (Å²) in [6.07, 6.45) is 0.249. The summed E-state index contributed by atoms with van der Waals surface area (Å²) in [5, 5.41) is 11.7. The number of rotatable bonds is 4. The van der Waals surface area contributed by atoms with Gasteiger partial charge in [0.1, 0.15) is 11.5 Å². The lowest BCUT2D eigenvalue weighted by atomic mass is 9.84. The molecular weight excluding hydrogens is 384 g/mol. The van der Waals surface area contributed by atoms with E-state index in [1.807, 2.05) is 6.07 Å². The van der Waals surface area contributed by atoms with E-state index in [4.69, 9.17) is 10.00 Å². The molecule has 0 radical (unpaired) electrons. The minimum absolute atomic E-state index is 0.122. The molecular formula is C20H15F2N3O4. The lowest BCUT2D eigenvalue weighted by Crippen LogP contribution is -2.47. The van der Waals surface area contributed by atoms with Crippen molar-refractivity contribution in [3.05, 3.63) is 59.2 Å². The van der Waals surface area contributed by atoms with Gasteiger partial charge in [0, 0.05) is 17.5 Å². The zero-order valence-corrected chi connectivity index (χ0v) is 15.0. The molecule has 29 heavy (non-hydrogen) atoms. The van der Waals surface area contributed by atoms with Crippen LogP contribution in [0.4, 0.5) is 13.6 Å². The Kier molecular flexibility index (Phi) is 4.54. The topological polar surface area (TPSA) is 91.7 Å². The first kappa shape index (κ1) is 18.7. The van der Waals surface area contributed by atoms with Crippen molar-refractivity contribution < 1.29 is 27.8 Å². The van der Waals surface area contributed by atoms with Crippen molar-refractivity contribution in [2.75, 3.05) is 6.61 Å². The van der Waals surface area contributed by atoms with Crippen LogP contribution < -0.4 is 14.8 Å². The number of carbonyl (C=O) groups is 2. The quantitative estimate of drug-likeness (QED) is 0.799. The molecule has 2 aliphatic rings. The van der Waals surface area contributed by atoms with Crippen molar-refractivity contribution in [1.29, 1.82) is 5.26 Å². The van der Waals surface area contributed by atoms with Crippen molar-refractivity contribution in [2.45, 2.75) is 25.1 Å². The van der Waals surface area contributed by atoms with E-state index < -0.39 is 24.1 Å². The molecule has 0 bridgehead atoms. The van der Waals surface area contributed by atoms with E-state index >= 15 is 0 Å². The Labute approximate surface area is 164 Å². The predicted octanol–water partition coefficient (Wildman–Crippen LogP) is 2.89. The largest absolute Gasteiger partial charge is 0.493 e. The predicted molar refractivity (Wildman–Crippen MR) is 95.1 cm³/mol. The Balaban J connectivity index is 1.68. The number of alkyl halides is 2. The molecule has 4 rings (SSSR count). The van der Waals surface area contributed by atoms with Gasteiger partial charge in [-0.05, 0) is 18.2 Å². The van der Waals surface area contributed by atoms with Crippen molar-refractivity contribution >= 4 is 11.9 Å². The number of hydrogen-bond acceptors (Lipinski definition) is 5. The summed E-state index contributed by atoms with van der Waals surface area (Å²) >= 11 is 0. The van der Waals surface area contributed by atoms with Crippen LogP contribution in [0.2, 0.25) is 0 Å². The summed E-state index contributed by atoms with van der Waals surface area (Å²) in [7, 11) is 0. The first-order chi connectivity index (χ1) is 13.9. The maximum atomic E-state index is 13.3. The first-order valence-electron chi connectivity index (χ1n) is 8.79. The molecule has 148 valence electrons. The van der Waals surface area contributed by atoms with Gasteiger partial charge in [-0.25, -0.2) is 4.79 Å². The number of imide groups is 1. The number of amides is 3. The van der Waals surface area contributed by atoms with Crippen molar-refractivity contribution in [1.82, 2.24) is 10.2 Å². The van der Waals surface area contributed by atoms with E-state index in [-0.39, 0.29) is 36.4 Å². The van der Waals surface area contributed by atoms with Gasteiger partial charge >= 0.3 is 12.6 Å². The van der Waals surface area contributed by atoms with Crippen LogP contribution in [0.15, 0.2) is 42.5 Å². The van der Waals surface area contributed by atoms with Crippen molar-refractivity contribution in [3.8, 4) is 17.6 Å². The summed E-state index contributed by atoms with van der Waals surface area (Å²) in [6.45, 7) is -3.14. The number of urea groups is 1.